The van der Waals surface area contributed by atoms with Crippen molar-refractivity contribution >= 4 is 17.7 Å². The van der Waals surface area contributed by atoms with Gasteiger partial charge in [-0.15, -0.1) is 0 Å². The smallest absolute Gasteiger partial charge is 0.310 e. The summed E-state index contributed by atoms with van der Waals surface area (Å²) in [6, 6.07) is 0. The van der Waals surface area contributed by atoms with Crippen LogP contribution in [0.3, 0.4) is 0 Å². The molecule has 0 radical (unpaired) electrons. The summed E-state index contributed by atoms with van der Waals surface area (Å²) < 4.78 is 0. The lowest BCUT2D eigenvalue weighted by Gasteiger charge is -2.57. The van der Waals surface area contributed by atoms with E-state index in [1.54, 1.807) is 6.92 Å². The summed E-state index contributed by atoms with van der Waals surface area (Å²) in [5.41, 5.74) is 1.31. The number of carbonyl (C=O) groups excluding carboxylic acids is 1. The maximum Gasteiger partial charge on any atom is 0.310 e. The molecule has 1 saturated carbocycles. The van der Waals surface area contributed by atoms with Gasteiger partial charge in [0, 0.05) is 18.4 Å². The zero-order valence-corrected chi connectivity index (χ0v) is 23.3. The van der Waals surface area contributed by atoms with Crippen molar-refractivity contribution in [2.45, 2.75) is 92.1 Å². The molecule has 6 heteroatoms. The van der Waals surface area contributed by atoms with E-state index in [1.165, 1.54) is 18.1 Å². The number of carboxylic acids is 2. The van der Waals surface area contributed by atoms with E-state index < -0.39 is 29.2 Å². The third-order valence-electron chi connectivity index (χ3n) is 10.5. The van der Waals surface area contributed by atoms with Gasteiger partial charge in [-0.1, -0.05) is 51.7 Å². The first-order chi connectivity index (χ1) is 16.9. The van der Waals surface area contributed by atoms with Crippen molar-refractivity contribution in [2.75, 3.05) is 0 Å². The maximum atomic E-state index is 12.9. The Bertz CT molecular complexity index is 1090. The van der Waals surface area contributed by atoms with E-state index in [9.17, 15) is 29.7 Å². The van der Waals surface area contributed by atoms with Crippen LogP contribution in [-0.4, -0.2) is 38.6 Å². The Morgan fingerprint density at radius 2 is 1.76 bits per heavy atom. The van der Waals surface area contributed by atoms with Crippen molar-refractivity contribution < 1.29 is 29.7 Å². The van der Waals surface area contributed by atoms with E-state index in [2.05, 4.69) is 46.1 Å². The molecule has 1 fully saturated rings. The van der Waals surface area contributed by atoms with Crippen LogP contribution >= 0.6 is 0 Å². The molecule has 0 amide bonds. The van der Waals surface area contributed by atoms with Crippen LogP contribution in [0.1, 0.15) is 86.5 Å². The van der Waals surface area contributed by atoms with Gasteiger partial charge in [-0.2, -0.15) is 0 Å². The molecule has 0 spiro atoms. The monoisotopic (exact) mass is 512 g/mol. The van der Waals surface area contributed by atoms with Gasteiger partial charge in [0.1, 0.15) is 0 Å². The number of ketones is 1. The highest BCUT2D eigenvalue weighted by molar-refractivity contribution is 6.00. The third kappa shape index (κ3) is 4.67. The Morgan fingerprint density at radius 3 is 2.30 bits per heavy atom. The second-order valence-corrected chi connectivity index (χ2v) is 12.8. The van der Waals surface area contributed by atoms with E-state index in [1.807, 2.05) is 6.92 Å². The molecule has 0 aromatic rings. The van der Waals surface area contributed by atoms with Gasteiger partial charge in [0.2, 0.25) is 0 Å². The molecule has 204 valence electrons. The second kappa shape index (κ2) is 9.68. The van der Waals surface area contributed by atoms with Crippen molar-refractivity contribution in [1.29, 1.82) is 0 Å². The largest absolute Gasteiger partial charge is 0.481 e. The van der Waals surface area contributed by atoms with E-state index in [0.29, 0.717) is 12.8 Å². The zero-order chi connectivity index (χ0) is 28.1. The fourth-order valence-electron chi connectivity index (χ4n) is 7.88. The predicted octanol–water partition coefficient (Wildman–Crippen LogP) is 6.12. The van der Waals surface area contributed by atoms with Crippen LogP contribution < -0.4 is 0 Å². The van der Waals surface area contributed by atoms with Gasteiger partial charge in [-0.3, -0.25) is 14.4 Å². The van der Waals surface area contributed by atoms with Crippen molar-refractivity contribution in [2.24, 2.45) is 34.0 Å². The van der Waals surface area contributed by atoms with Crippen LogP contribution in [0.5, 0.6) is 0 Å². The van der Waals surface area contributed by atoms with Gasteiger partial charge < -0.3 is 15.3 Å². The molecule has 37 heavy (non-hydrogen) atoms. The summed E-state index contributed by atoms with van der Waals surface area (Å²) in [5.74, 6) is -3.33. The van der Waals surface area contributed by atoms with Crippen LogP contribution in [0.25, 0.3) is 0 Å². The minimum absolute atomic E-state index is 0.0135. The van der Waals surface area contributed by atoms with E-state index >= 15 is 0 Å². The molecule has 0 bridgehead atoms. The third-order valence-corrected chi connectivity index (χ3v) is 10.5. The average Bonchev–Trinajstić information content (AvgIpc) is 3.08. The molecule has 3 N–H and O–H groups in total. The van der Waals surface area contributed by atoms with Crippen LogP contribution in [0.2, 0.25) is 0 Å². The van der Waals surface area contributed by atoms with Crippen molar-refractivity contribution in [1.82, 2.24) is 0 Å². The normalized spacial score (nSPS) is 35.2. The number of hydrogen-bond acceptors (Lipinski definition) is 4. The standard InChI is InChI=1S/C31H44O6/c1-18(2)21-9-10-23-22(28(21,5)14-13-26(33)34)11-15-30(7)25(12-16-29(23,30)6)31(8,37)17-24(32)19(3)20(4)27(35)36/h10-11,20-21,25,37H,1,3,9,12-17H2,2,4-8H3,(H,33,34)(H,35,36)/t20-,21+,25-,28-,29-,30+,31+/m0/s1. The number of aliphatic carboxylic acids is 2. The summed E-state index contributed by atoms with van der Waals surface area (Å²) in [7, 11) is 0. The topological polar surface area (TPSA) is 112 Å². The predicted molar refractivity (Wildman–Crippen MR) is 144 cm³/mol. The molecular weight excluding hydrogens is 468 g/mol. The Hall–Kier alpha value is -2.47. The van der Waals surface area contributed by atoms with Crippen LogP contribution in [0, 0.1) is 34.0 Å². The lowest BCUT2D eigenvalue weighted by atomic mass is 9.47. The number of carbonyl (C=O) groups is 3. The molecule has 0 unspecified atom stereocenters. The summed E-state index contributed by atoms with van der Waals surface area (Å²) in [6.07, 6.45) is 8.13. The summed E-state index contributed by atoms with van der Waals surface area (Å²) in [4.78, 5) is 35.8. The molecule has 6 nitrogen and oxygen atoms in total. The number of aliphatic hydroxyl groups is 1. The number of allylic oxidation sites excluding steroid dienone is 5. The summed E-state index contributed by atoms with van der Waals surface area (Å²) >= 11 is 0. The second-order valence-electron chi connectivity index (χ2n) is 12.8. The van der Waals surface area contributed by atoms with Gasteiger partial charge in [-0.25, -0.2) is 0 Å². The molecule has 7 atom stereocenters. The Balaban J connectivity index is 1.98. The SMILES string of the molecule is C=C(C(=O)C[C@@](C)(O)[C@H]1CC[C@@]2(C)C3=CC[C@H](C(=C)C)[C@](C)(CCC(=O)O)C3=CC[C@]12C)[C@H](C)C(=O)O. The first-order valence-corrected chi connectivity index (χ1v) is 13.4. The van der Waals surface area contributed by atoms with Crippen molar-refractivity contribution in [3.63, 3.8) is 0 Å². The highest BCUT2D eigenvalue weighted by Gasteiger charge is 2.63. The van der Waals surface area contributed by atoms with Gasteiger partial charge in [0.15, 0.2) is 5.78 Å². The molecule has 0 heterocycles. The van der Waals surface area contributed by atoms with Crippen molar-refractivity contribution in [3.8, 4) is 0 Å². The molecular formula is C31H44O6. The molecule has 0 aliphatic heterocycles. The van der Waals surface area contributed by atoms with Crippen molar-refractivity contribution in [3.05, 3.63) is 47.6 Å². The van der Waals surface area contributed by atoms with Crippen LogP contribution in [-0.2, 0) is 14.4 Å². The minimum atomic E-state index is -1.32. The number of rotatable bonds is 10. The molecule has 3 aliphatic carbocycles. The minimum Gasteiger partial charge on any atom is -0.481 e. The lowest BCUT2D eigenvalue weighted by Crippen LogP contribution is -2.51. The number of fused-ring (bicyclic) bond motifs is 3. The number of hydrogen-bond donors (Lipinski definition) is 3. The first kappa shape index (κ1) is 29.1. The molecule has 3 rings (SSSR count). The fourth-order valence-corrected chi connectivity index (χ4v) is 7.88. The Morgan fingerprint density at radius 1 is 1.14 bits per heavy atom. The molecule has 0 saturated heterocycles. The summed E-state index contributed by atoms with van der Waals surface area (Å²) in [6.45, 7) is 19.7. The van der Waals surface area contributed by atoms with Gasteiger partial charge in [-0.05, 0) is 92.1 Å². The highest BCUT2D eigenvalue weighted by Crippen LogP contribution is 2.70. The molecule has 3 aliphatic rings. The Labute approximate surface area is 221 Å². The van der Waals surface area contributed by atoms with E-state index in [-0.39, 0.29) is 46.5 Å². The van der Waals surface area contributed by atoms with E-state index in [0.717, 1.165) is 24.8 Å². The molecule has 0 aromatic heterocycles. The van der Waals surface area contributed by atoms with Gasteiger partial charge in [0.25, 0.3) is 0 Å². The van der Waals surface area contributed by atoms with Crippen LogP contribution in [0.4, 0.5) is 0 Å². The quantitative estimate of drug-likeness (QED) is 0.240. The van der Waals surface area contributed by atoms with Crippen LogP contribution in [0.15, 0.2) is 47.6 Å². The highest BCUT2D eigenvalue weighted by atomic mass is 16.4. The number of Topliss-reactive ketones (excluding diaryl/α,β-unsaturated/α-hetero) is 1. The zero-order valence-electron chi connectivity index (χ0n) is 23.3. The number of carboxylic acid groups (broad SMARTS) is 2. The van der Waals surface area contributed by atoms with Gasteiger partial charge in [0.05, 0.1) is 11.5 Å². The first-order valence-electron chi connectivity index (χ1n) is 13.4. The van der Waals surface area contributed by atoms with E-state index in [4.69, 9.17) is 0 Å². The average molecular weight is 513 g/mol. The summed E-state index contributed by atoms with van der Waals surface area (Å²) in [5, 5.41) is 30.5. The maximum absolute atomic E-state index is 12.9. The fraction of sp³-hybridized carbons (Fsp3) is 0.645. The molecule has 0 aromatic carbocycles. The Kier molecular flexibility index (Phi) is 7.61. The lowest BCUT2D eigenvalue weighted by molar-refractivity contribution is -0.141. The van der Waals surface area contributed by atoms with Gasteiger partial charge >= 0.3 is 11.9 Å².